The number of carbonyl (C=O) groups is 2. The van der Waals surface area contributed by atoms with Crippen LogP contribution in [0.2, 0.25) is 0 Å². The third kappa shape index (κ3) is 5.89. The van der Waals surface area contributed by atoms with Crippen LogP contribution in [0.4, 0.5) is 10.1 Å². The molecule has 9 heteroatoms. The van der Waals surface area contributed by atoms with E-state index in [4.69, 9.17) is 4.74 Å². The van der Waals surface area contributed by atoms with Crippen LogP contribution in [0.15, 0.2) is 47.4 Å². The Bertz CT molecular complexity index is 1060. The first kappa shape index (κ1) is 22.9. The summed E-state index contributed by atoms with van der Waals surface area (Å²) < 4.78 is 45.6. The number of nitrogens with one attached hydrogen (secondary N) is 1. The molecular weight excluding hydrogens is 423 g/mol. The second-order valence-corrected chi connectivity index (χ2v) is 9.37. The molecule has 1 fully saturated rings. The number of anilines is 1. The van der Waals surface area contributed by atoms with Gasteiger partial charge < -0.3 is 10.1 Å². The summed E-state index contributed by atoms with van der Waals surface area (Å²) in [6, 6.07) is 9.57. The zero-order chi connectivity index (χ0) is 22.4. The maximum absolute atomic E-state index is 13.3. The Morgan fingerprint density at radius 1 is 1.06 bits per heavy atom. The molecule has 0 spiro atoms. The summed E-state index contributed by atoms with van der Waals surface area (Å²) in [5, 5.41) is 2.48. The molecule has 1 aliphatic heterocycles. The third-order valence-electron chi connectivity index (χ3n) is 5.08. The Morgan fingerprint density at radius 2 is 1.77 bits per heavy atom. The van der Waals surface area contributed by atoms with E-state index < -0.39 is 34.3 Å². The van der Waals surface area contributed by atoms with E-state index in [1.807, 2.05) is 0 Å². The summed E-state index contributed by atoms with van der Waals surface area (Å²) in [7, 11) is -3.71. The van der Waals surface area contributed by atoms with Gasteiger partial charge in [0.05, 0.1) is 10.5 Å². The minimum Gasteiger partial charge on any atom is -0.452 e. The van der Waals surface area contributed by atoms with Crippen molar-refractivity contribution in [3.8, 4) is 0 Å². The number of halogens is 1. The Morgan fingerprint density at radius 3 is 2.48 bits per heavy atom. The van der Waals surface area contributed by atoms with E-state index in [1.54, 1.807) is 6.92 Å². The summed E-state index contributed by atoms with van der Waals surface area (Å²) in [5.74, 6) is -1.95. The van der Waals surface area contributed by atoms with E-state index in [1.165, 1.54) is 46.8 Å². The monoisotopic (exact) mass is 448 g/mol. The lowest BCUT2D eigenvalue weighted by Crippen LogP contribution is -2.32. The van der Waals surface area contributed by atoms with Crippen LogP contribution in [0.5, 0.6) is 0 Å². The average molecular weight is 449 g/mol. The third-order valence-corrected chi connectivity index (χ3v) is 6.98. The highest BCUT2D eigenvalue weighted by Crippen LogP contribution is 2.21. The Labute approximate surface area is 181 Å². The number of carbonyl (C=O) groups excluding carboxylic acids is 2. The van der Waals surface area contributed by atoms with Crippen molar-refractivity contribution < 1.29 is 27.1 Å². The molecule has 31 heavy (non-hydrogen) atoms. The molecule has 1 N–H and O–H groups in total. The molecule has 2 aromatic carbocycles. The molecule has 1 amide bonds. The largest absolute Gasteiger partial charge is 0.452 e. The number of rotatable bonds is 6. The van der Waals surface area contributed by atoms with Gasteiger partial charge in [0.1, 0.15) is 5.82 Å². The van der Waals surface area contributed by atoms with Gasteiger partial charge in [-0.3, -0.25) is 4.79 Å². The molecule has 1 saturated heterocycles. The fourth-order valence-corrected chi connectivity index (χ4v) is 4.91. The van der Waals surface area contributed by atoms with E-state index in [2.05, 4.69) is 5.32 Å². The summed E-state index contributed by atoms with van der Waals surface area (Å²) in [6.07, 6.45) is 3.60. The fraction of sp³-hybridized carbons (Fsp3) is 0.364. The first-order valence-corrected chi connectivity index (χ1v) is 11.5. The van der Waals surface area contributed by atoms with Crippen LogP contribution in [0.1, 0.15) is 41.6 Å². The zero-order valence-electron chi connectivity index (χ0n) is 17.3. The Balaban J connectivity index is 1.64. The van der Waals surface area contributed by atoms with Gasteiger partial charge in [0, 0.05) is 18.8 Å². The minimum absolute atomic E-state index is 0.0173. The normalized spacial score (nSPS) is 15.2. The van der Waals surface area contributed by atoms with Crippen LogP contribution in [0, 0.1) is 12.7 Å². The molecule has 2 aromatic rings. The molecule has 166 valence electrons. The molecule has 0 bridgehead atoms. The van der Waals surface area contributed by atoms with Crippen molar-refractivity contribution in [3.63, 3.8) is 0 Å². The lowest BCUT2D eigenvalue weighted by molar-refractivity contribution is -0.119. The molecule has 0 saturated carbocycles. The lowest BCUT2D eigenvalue weighted by Gasteiger charge is -2.20. The summed E-state index contributed by atoms with van der Waals surface area (Å²) >= 11 is 0. The minimum atomic E-state index is -3.71. The highest BCUT2D eigenvalue weighted by molar-refractivity contribution is 7.89. The molecule has 0 unspecified atom stereocenters. The average Bonchev–Trinajstić information content (AvgIpc) is 3.05. The Kier molecular flexibility index (Phi) is 7.40. The smallest absolute Gasteiger partial charge is 0.338 e. The van der Waals surface area contributed by atoms with Crippen LogP contribution >= 0.6 is 0 Å². The number of esters is 1. The van der Waals surface area contributed by atoms with E-state index in [9.17, 15) is 22.4 Å². The van der Waals surface area contributed by atoms with Crippen molar-refractivity contribution >= 4 is 27.6 Å². The maximum atomic E-state index is 13.3. The maximum Gasteiger partial charge on any atom is 0.338 e. The van der Waals surface area contributed by atoms with E-state index in [-0.39, 0.29) is 16.1 Å². The Hall–Kier alpha value is -2.78. The van der Waals surface area contributed by atoms with Gasteiger partial charge in [-0.05, 0) is 55.7 Å². The van der Waals surface area contributed by atoms with Crippen molar-refractivity contribution in [2.75, 3.05) is 25.0 Å². The number of hydrogen-bond acceptors (Lipinski definition) is 5. The topological polar surface area (TPSA) is 92.8 Å². The molecule has 3 rings (SSSR count). The van der Waals surface area contributed by atoms with Crippen LogP contribution in [-0.4, -0.2) is 44.3 Å². The summed E-state index contributed by atoms with van der Waals surface area (Å²) in [4.78, 5) is 24.4. The van der Waals surface area contributed by atoms with Gasteiger partial charge in [-0.15, -0.1) is 0 Å². The molecule has 0 radical (unpaired) electrons. The van der Waals surface area contributed by atoms with Gasteiger partial charge in [-0.25, -0.2) is 17.6 Å². The molecule has 0 aliphatic carbocycles. The number of hydrogen-bond donors (Lipinski definition) is 1. The predicted octanol–water partition coefficient (Wildman–Crippen LogP) is 3.49. The van der Waals surface area contributed by atoms with Crippen molar-refractivity contribution in [3.05, 3.63) is 59.4 Å². The first-order chi connectivity index (χ1) is 14.8. The summed E-state index contributed by atoms with van der Waals surface area (Å²) in [6.45, 7) is 2.03. The van der Waals surface area contributed by atoms with Crippen LogP contribution in [-0.2, 0) is 19.6 Å². The van der Waals surface area contributed by atoms with E-state index in [0.29, 0.717) is 18.7 Å². The fourth-order valence-electron chi connectivity index (χ4n) is 3.34. The number of nitrogens with zero attached hydrogens (tertiary/aromatic N) is 1. The highest BCUT2D eigenvalue weighted by Gasteiger charge is 2.26. The van der Waals surface area contributed by atoms with Gasteiger partial charge in [-0.2, -0.15) is 4.31 Å². The van der Waals surface area contributed by atoms with Crippen LogP contribution in [0.25, 0.3) is 0 Å². The standard InChI is InChI=1S/C22H25FN2O5S/c1-16-9-10-18(23)14-20(16)24-21(26)15-30-22(27)17-7-6-8-19(13-17)31(28,29)25-11-4-2-3-5-12-25/h6-10,13-14H,2-5,11-12,15H2,1H3,(H,24,26). The van der Waals surface area contributed by atoms with Gasteiger partial charge in [0.2, 0.25) is 10.0 Å². The first-order valence-electron chi connectivity index (χ1n) is 10.1. The van der Waals surface area contributed by atoms with Crippen molar-refractivity contribution in [2.45, 2.75) is 37.5 Å². The molecule has 0 atom stereocenters. The van der Waals surface area contributed by atoms with Gasteiger partial charge in [-0.1, -0.05) is 25.0 Å². The molecule has 1 heterocycles. The number of ether oxygens (including phenoxy) is 1. The number of amides is 1. The van der Waals surface area contributed by atoms with Gasteiger partial charge >= 0.3 is 5.97 Å². The van der Waals surface area contributed by atoms with E-state index in [0.717, 1.165) is 25.7 Å². The molecule has 7 nitrogen and oxygen atoms in total. The van der Waals surface area contributed by atoms with Gasteiger partial charge in [0.15, 0.2) is 6.61 Å². The highest BCUT2D eigenvalue weighted by atomic mass is 32.2. The van der Waals surface area contributed by atoms with Gasteiger partial charge in [0.25, 0.3) is 5.91 Å². The second-order valence-electron chi connectivity index (χ2n) is 7.43. The molecular formula is C22H25FN2O5S. The van der Waals surface area contributed by atoms with Crippen LogP contribution < -0.4 is 5.32 Å². The molecule has 1 aliphatic rings. The summed E-state index contributed by atoms with van der Waals surface area (Å²) in [5.41, 5.74) is 0.977. The van der Waals surface area contributed by atoms with Crippen molar-refractivity contribution in [1.29, 1.82) is 0 Å². The SMILES string of the molecule is Cc1ccc(F)cc1NC(=O)COC(=O)c1cccc(S(=O)(=O)N2CCCCCC2)c1. The van der Waals surface area contributed by atoms with Crippen molar-refractivity contribution in [2.24, 2.45) is 0 Å². The zero-order valence-corrected chi connectivity index (χ0v) is 18.1. The van der Waals surface area contributed by atoms with Crippen molar-refractivity contribution in [1.82, 2.24) is 4.31 Å². The van der Waals surface area contributed by atoms with E-state index >= 15 is 0 Å². The predicted molar refractivity (Wildman–Crippen MR) is 114 cm³/mol. The molecule has 0 aromatic heterocycles. The quantitative estimate of drug-likeness (QED) is 0.683. The lowest BCUT2D eigenvalue weighted by atomic mass is 10.2. The number of benzene rings is 2. The number of aryl methyl sites for hydroxylation is 1. The second kappa shape index (κ2) is 10.0. The van der Waals surface area contributed by atoms with Crippen LogP contribution in [0.3, 0.4) is 0 Å². The number of sulfonamides is 1.